The summed E-state index contributed by atoms with van der Waals surface area (Å²) >= 11 is 0. The van der Waals surface area contributed by atoms with Gasteiger partial charge in [0.2, 0.25) is 5.91 Å². The average Bonchev–Trinajstić information content (AvgIpc) is 2.55. The highest BCUT2D eigenvalue weighted by Gasteiger charge is 2.34. The van der Waals surface area contributed by atoms with Crippen LogP contribution in [0, 0.1) is 17.8 Å². The molecule has 1 amide bonds. The number of nitrogens with one attached hydrogen (secondary N) is 1. The highest BCUT2D eigenvalue weighted by atomic mass is 19.0. The minimum Gasteiger partial charge on any atom is -0.342 e. The zero-order valence-corrected chi connectivity index (χ0v) is 16.1. The van der Waals surface area contributed by atoms with E-state index in [2.05, 4.69) is 29.0 Å². The van der Waals surface area contributed by atoms with Crippen LogP contribution in [0.15, 0.2) is 0 Å². The Morgan fingerprint density at radius 2 is 1.50 bits per heavy atom. The van der Waals surface area contributed by atoms with E-state index in [1.165, 1.54) is 38.8 Å². The number of likely N-dealkylation sites (tertiary alicyclic amines) is 2. The second-order valence-electron chi connectivity index (χ2n) is 7.53. The molecule has 0 radical (unpaired) electrons. The molecule has 3 aliphatic rings. The highest BCUT2D eigenvalue weighted by molar-refractivity contribution is 5.80. The first kappa shape index (κ1) is 21.4. The number of carbonyl (C=O) groups is 1. The molecule has 5 heteroatoms. The van der Waals surface area contributed by atoms with E-state index in [1.807, 2.05) is 13.8 Å². The van der Waals surface area contributed by atoms with Crippen LogP contribution in [0.1, 0.15) is 53.4 Å². The van der Waals surface area contributed by atoms with Crippen LogP contribution in [0.5, 0.6) is 0 Å². The SMILES string of the molecule is CC.CC(C)C1CCN(C2CCN(C(=O)C3CNC3)CC2)CC1.F. The second kappa shape index (κ2) is 10.3. The van der Waals surface area contributed by atoms with Crippen LogP contribution in [0.3, 0.4) is 0 Å². The highest BCUT2D eigenvalue weighted by Crippen LogP contribution is 2.28. The van der Waals surface area contributed by atoms with Crippen molar-refractivity contribution in [3.05, 3.63) is 0 Å². The fraction of sp³-hybridized carbons (Fsp3) is 0.947. The van der Waals surface area contributed by atoms with Crippen molar-refractivity contribution in [3.63, 3.8) is 0 Å². The molecule has 0 aromatic heterocycles. The van der Waals surface area contributed by atoms with Crippen LogP contribution < -0.4 is 5.32 Å². The van der Waals surface area contributed by atoms with Gasteiger partial charge in [0.15, 0.2) is 0 Å². The number of halogens is 1. The maximum absolute atomic E-state index is 12.3. The molecule has 3 heterocycles. The van der Waals surface area contributed by atoms with E-state index >= 15 is 0 Å². The Bertz CT molecular complexity index is 358. The maximum Gasteiger partial charge on any atom is 0.228 e. The lowest BCUT2D eigenvalue weighted by Gasteiger charge is -2.43. The average molecular weight is 344 g/mol. The molecule has 0 spiro atoms. The van der Waals surface area contributed by atoms with Crippen molar-refractivity contribution in [1.82, 2.24) is 15.1 Å². The molecule has 3 rings (SSSR count). The second-order valence-corrected chi connectivity index (χ2v) is 7.53. The topological polar surface area (TPSA) is 35.6 Å². The normalized spacial score (nSPS) is 24.0. The fourth-order valence-corrected chi connectivity index (χ4v) is 4.12. The Morgan fingerprint density at radius 3 is 1.92 bits per heavy atom. The van der Waals surface area contributed by atoms with Crippen molar-refractivity contribution in [2.75, 3.05) is 39.3 Å². The van der Waals surface area contributed by atoms with Crippen LogP contribution in [-0.2, 0) is 4.79 Å². The standard InChI is InChI=1S/C17H31N3O.C2H6.FH/c1-13(2)14-3-7-19(8-4-14)16-5-9-20(10-6-16)17(21)15-11-18-12-15;1-2;/h13-16,18H,3-12H2,1-2H3;1-2H3;1H. The van der Waals surface area contributed by atoms with Gasteiger partial charge in [0, 0.05) is 32.2 Å². The molecular weight excluding hydrogens is 305 g/mol. The van der Waals surface area contributed by atoms with E-state index in [4.69, 9.17) is 0 Å². The lowest BCUT2D eigenvalue weighted by molar-refractivity contribution is -0.138. The third kappa shape index (κ3) is 5.16. The van der Waals surface area contributed by atoms with Gasteiger partial charge >= 0.3 is 0 Å². The van der Waals surface area contributed by atoms with Crippen molar-refractivity contribution in [3.8, 4) is 0 Å². The summed E-state index contributed by atoms with van der Waals surface area (Å²) in [5, 5.41) is 3.20. The number of amides is 1. The van der Waals surface area contributed by atoms with Crippen LogP contribution in [0.25, 0.3) is 0 Å². The number of carbonyl (C=O) groups excluding carboxylic acids is 1. The van der Waals surface area contributed by atoms with Crippen molar-refractivity contribution < 1.29 is 9.50 Å². The molecule has 142 valence electrons. The molecule has 3 fully saturated rings. The Labute approximate surface area is 147 Å². The Kier molecular flexibility index (Phi) is 9.21. The van der Waals surface area contributed by atoms with E-state index in [0.29, 0.717) is 5.91 Å². The summed E-state index contributed by atoms with van der Waals surface area (Å²) in [5.41, 5.74) is 0. The molecule has 0 aromatic carbocycles. The first-order valence-electron chi connectivity index (χ1n) is 9.88. The van der Waals surface area contributed by atoms with E-state index in [1.54, 1.807) is 0 Å². The smallest absolute Gasteiger partial charge is 0.228 e. The van der Waals surface area contributed by atoms with Gasteiger partial charge in [-0.25, -0.2) is 0 Å². The lowest BCUT2D eigenvalue weighted by Crippen LogP contribution is -2.55. The number of rotatable bonds is 3. The first-order chi connectivity index (χ1) is 11.1. The van der Waals surface area contributed by atoms with Crippen LogP contribution >= 0.6 is 0 Å². The molecule has 1 N–H and O–H groups in total. The van der Waals surface area contributed by atoms with Crippen molar-refractivity contribution in [2.45, 2.75) is 59.4 Å². The number of hydrogen-bond donors (Lipinski definition) is 1. The zero-order chi connectivity index (χ0) is 16.8. The monoisotopic (exact) mass is 343 g/mol. The zero-order valence-electron chi connectivity index (χ0n) is 16.1. The van der Waals surface area contributed by atoms with Crippen molar-refractivity contribution in [1.29, 1.82) is 0 Å². The minimum atomic E-state index is 0. The van der Waals surface area contributed by atoms with E-state index in [9.17, 15) is 4.79 Å². The van der Waals surface area contributed by atoms with Crippen LogP contribution in [-0.4, -0.2) is 61.0 Å². The van der Waals surface area contributed by atoms with Crippen LogP contribution in [0.4, 0.5) is 4.70 Å². The fourth-order valence-electron chi connectivity index (χ4n) is 4.12. The molecule has 3 aliphatic heterocycles. The Morgan fingerprint density at radius 1 is 0.958 bits per heavy atom. The molecule has 0 aliphatic carbocycles. The van der Waals surface area contributed by atoms with Gasteiger partial charge in [0.25, 0.3) is 0 Å². The lowest BCUT2D eigenvalue weighted by atomic mass is 9.85. The van der Waals surface area contributed by atoms with Gasteiger partial charge < -0.3 is 15.1 Å². The quantitative estimate of drug-likeness (QED) is 0.856. The summed E-state index contributed by atoms with van der Waals surface area (Å²) in [5.74, 6) is 2.42. The molecule has 0 bridgehead atoms. The molecule has 3 saturated heterocycles. The predicted molar refractivity (Wildman–Crippen MR) is 98.9 cm³/mol. The van der Waals surface area contributed by atoms with E-state index in [-0.39, 0.29) is 10.6 Å². The molecule has 0 unspecified atom stereocenters. The third-order valence-corrected chi connectivity index (χ3v) is 5.94. The summed E-state index contributed by atoms with van der Waals surface area (Å²) in [4.78, 5) is 17.1. The predicted octanol–water partition coefficient (Wildman–Crippen LogP) is 2.74. The van der Waals surface area contributed by atoms with Gasteiger partial charge in [-0.05, 0) is 50.6 Å². The minimum absolute atomic E-state index is 0. The Balaban J connectivity index is 0.000000925. The maximum atomic E-state index is 12.3. The van der Waals surface area contributed by atoms with Gasteiger partial charge in [-0.3, -0.25) is 9.50 Å². The molecule has 0 atom stereocenters. The third-order valence-electron chi connectivity index (χ3n) is 5.94. The summed E-state index contributed by atoms with van der Waals surface area (Å²) < 4.78 is 0. The first-order valence-corrected chi connectivity index (χ1v) is 9.88. The largest absolute Gasteiger partial charge is 0.342 e. The van der Waals surface area contributed by atoms with Crippen LogP contribution in [0.2, 0.25) is 0 Å². The van der Waals surface area contributed by atoms with Gasteiger partial charge in [-0.1, -0.05) is 27.7 Å². The molecule has 0 saturated carbocycles. The van der Waals surface area contributed by atoms with E-state index < -0.39 is 0 Å². The number of hydrogen-bond acceptors (Lipinski definition) is 3. The van der Waals surface area contributed by atoms with Crippen molar-refractivity contribution in [2.24, 2.45) is 17.8 Å². The summed E-state index contributed by atoms with van der Waals surface area (Å²) in [6, 6.07) is 0.724. The van der Waals surface area contributed by atoms with Gasteiger partial charge in [0.05, 0.1) is 5.92 Å². The number of nitrogens with zero attached hydrogens (tertiary/aromatic N) is 2. The Hall–Kier alpha value is -0.680. The molecule has 4 nitrogen and oxygen atoms in total. The van der Waals surface area contributed by atoms with Gasteiger partial charge in [-0.15, -0.1) is 0 Å². The van der Waals surface area contributed by atoms with E-state index in [0.717, 1.165) is 44.1 Å². The molecule has 0 aromatic rings. The van der Waals surface area contributed by atoms with Gasteiger partial charge in [0.1, 0.15) is 0 Å². The molecular formula is C19H38FN3O. The summed E-state index contributed by atoms with van der Waals surface area (Å²) in [7, 11) is 0. The number of piperidine rings is 2. The van der Waals surface area contributed by atoms with Gasteiger partial charge in [-0.2, -0.15) is 0 Å². The van der Waals surface area contributed by atoms with Crippen molar-refractivity contribution >= 4 is 5.91 Å². The summed E-state index contributed by atoms with van der Waals surface area (Å²) in [6.07, 6.45) is 5.09. The molecule has 24 heavy (non-hydrogen) atoms. The summed E-state index contributed by atoms with van der Waals surface area (Å²) in [6.45, 7) is 15.0.